The number of nitrogens with one attached hydrogen (secondary N) is 2. The second-order valence-electron chi connectivity index (χ2n) is 8.19. The van der Waals surface area contributed by atoms with Crippen molar-refractivity contribution in [2.45, 2.75) is 57.9 Å². The van der Waals surface area contributed by atoms with E-state index in [1.807, 2.05) is 19.9 Å². The summed E-state index contributed by atoms with van der Waals surface area (Å²) < 4.78 is 38.1. The molecule has 2 heterocycles. The third-order valence-electron chi connectivity index (χ3n) is 5.61. The monoisotopic (exact) mass is 487 g/mol. The minimum absolute atomic E-state index is 0.0890. The summed E-state index contributed by atoms with van der Waals surface area (Å²) in [6.45, 7) is 5.42. The van der Waals surface area contributed by atoms with E-state index in [4.69, 9.17) is 11.6 Å². The van der Waals surface area contributed by atoms with Gasteiger partial charge in [-0.25, -0.2) is 0 Å². The van der Waals surface area contributed by atoms with E-state index in [-0.39, 0.29) is 36.2 Å². The van der Waals surface area contributed by atoms with Crippen LogP contribution in [0.1, 0.15) is 45.2 Å². The van der Waals surface area contributed by atoms with Gasteiger partial charge in [0, 0.05) is 24.5 Å². The van der Waals surface area contributed by atoms with Crippen molar-refractivity contribution in [2.24, 2.45) is 11.8 Å². The number of pyridine rings is 1. The highest BCUT2D eigenvalue weighted by Crippen LogP contribution is 2.31. The molecule has 180 valence electrons. The normalized spacial score (nSPS) is 20.2. The van der Waals surface area contributed by atoms with Crippen LogP contribution in [0.25, 0.3) is 0 Å². The summed E-state index contributed by atoms with van der Waals surface area (Å²) in [5, 5.41) is 14.0. The van der Waals surface area contributed by atoms with Crippen molar-refractivity contribution >= 4 is 29.3 Å². The molecule has 2 N–H and O–H groups in total. The third-order valence-corrected chi connectivity index (χ3v) is 5.81. The summed E-state index contributed by atoms with van der Waals surface area (Å²) in [6.07, 6.45) is -2.22. The number of rotatable bonds is 7. The summed E-state index contributed by atoms with van der Waals surface area (Å²) in [6, 6.07) is -0.134. The lowest BCUT2D eigenvalue weighted by molar-refractivity contribution is -0.175. The lowest BCUT2D eigenvalue weighted by atomic mass is 9.93. The number of halogens is 4. The van der Waals surface area contributed by atoms with Gasteiger partial charge in [0.05, 0.1) is 11.1 Å². The first-order valence-corrected chi connectivity index (χ1v) is 10.7. The van der Waals surface area contributed by atoms with E-state index in [0.717, 1.165) is 0 Å². The highest BCUT2D eigenvalue weighted by atomic mass is 35.5. The molecule has 12 heteroatoms. The molecule has 1 aromatic rings. The highest BCUT2D eigenvalue weighted by molar-refractivity contribution is 6.30. The molecule has 2 rings (SSSR count). The van der Waals surface area contributed by atoms with E-state index in [1.54, 1.807) is 5.32 Å². The summed E-state index contributed by atoms with van der Waals surface area (Å²) in [7, 11) is 0. The van der Waals surface area contributed by atoms with Crippen LogP contribution in [-0.4, -0.2) is 52.4 Å². The molecule has 0 saturated carbocycles. The lowest BCUT2D eigenvalue weighted by Crippen LogP contribution is -2.55. The standard InChI is InChI=1S/C21H25ClF3N5O3/c1-4-15(29-20(33)21(23,24)25)19(32)30-10-13(11(2)3)6-17(30)18(31)28-16(7-26)12-5-14(22)9-27-8-12/h5,8-9,11,13,15-17H,4,6,10H2,1-3H3,(H,28,31)(H,29,33)/t13-,15+,16?,17+/m1/s1. The zero-order valence-corrected chi connectivity index (χ0v) is 19.1. The topological polar surface area (TPSA) is 115 Å². The van der Waals surface area contributed by atoms with Gasteiger partial charge in [-0.3, -0.25) is 19.4 Å². The average Bonchev–Trinajstić information content (AvgIpc) is 3.20. The number of nitriles is 1. The van der Waals surface area contributed by atoms with E-state index in [1.165, 1.54) is 30.3 Å². The number of hydrogen-bond donors (Lipinski definition) is 2. The first-order chi connectivity index (χ1) is 15.4. The largest absolute Gasteiger partial charge is 0.471 e. The van der Waals surface area contributed by atoms with Crippen LogP contribution >= 0.6 is 11.6 Å². The Morgan fingerprint density at radius 1 is 1.30 bits per heavy atom. The molecular weight excluding hydrogens is 463 g/mol. The maximum atomic E-state index is 13.1. The van der Waals surface area contributed by atoms with Gasteiger partial charge in [0.2, 0.25) is 11.8 Å². The molecule has 8 nitrogen and oxygen atoms in total. The zero-order chi connectivity index (χ0) is 24.9. The molecule has 1 aromatic heterocycles. The Morgan fingerprint density at radius 2 is 1.97 bits per heavy atom. The van der Waals surface area contributed by atoms with Crippen LogP contribution in [-0.2, 0) is 14.4 Å². The molecule has 0 aliphatic carbocycles. The maximum Gasteiger partial charge on any atom is 0.471 e. The quantitative estimate of drug-likeness (QED) is 0.613. The molecule has 4 atom stereocenters. The van der Waals surface area contributed by atoms with Gasteiger partial charge >= 0.3 is 12.1 Å². The maximum absolute atomic E-state index is 13.1. The highest BCUT2D eigenvalue weighted by Gasteiger charge is 2.45. The molecule has 0 spiro atoms. The van der Waals surface area contributed by atoms with Crippen molar-refractivity contribution in [1.82, 2.24) is 20.5 Å². The summed E-state index contributed by atoms with van der Waals surface area (Å²) >= 11 is 5.90. The van der Waals surface area contributed by atoms with E-state index >= 15 is 0 Å². The molecule has 1 aliphatic heterocycles. The van der Waals surface area contributed by atoms with Crippen LogP contribution in [0.15, 0.2) is 18.5 Å². The Kier molecular flexibility index (Phi) is 8.66. The lowest BCUT2D eigenvalue weighted by Gasteiger charge is -2.29. The molecule has 1 fully saturated rings. The molecule has 0 bridgehead atoms. The van der Waals surface area contributed by atoms with Crippen LogP contribution in [0.3, 0.4) is 0 Å². The van der Waals surface area contributed by atoms with Gasteiger partial charge in [-0.15, -0.1) is 0 Å². The molecule has 1 unspecified atom stereocenters. The first-order valence-electron chi connectivity index (χ1n) is 10.4. The Morgan fingerprint density at radius 3 is 2.48 bits per heavy atom. The van der Waals surface area contributed by atoms with Crippen LogP contribution < -0.4 is 10.6 Å². The summed E-state index contributed by atoms with van der Waals surface area (Å²) in [4.78, 5) is 42.6. The van der Waals surface area contributed by atoms with Gasteiger partial charge in [0.25, 0.3) is 0 Å². The molecule has 3 amide bonds. The number of carbonyl (C=O) groups is 3. The van der Waals surface area contributed by atoms with E-state index in [2.05, 4.69) is 10.3 Å². The van der Waals surface area contributed by atoms with Gasteiger partial charge < -0.3 is 15.5 Å². The number of aromatic nitrogens is 1. The fourth-order valence-corrected chi connectivity index (χ4v) is 3.82. The molecule has 1 aliphatic rings. The number of nitrogens with zero attached hydrogens (tertiary/aromatic N) is 3. The van der Waals surface area contributed by atoms with Crippen molar-refractivity contribution in [1.29, 1.82) is 5.26 Å². The Balaban J connectivity index is 2.25. The molecule has 0 aromatic carbocycles. The van der Waals surface area contributed by atoms with Crippen molar-refractivity contribution in [3.8, 4) is 6.07 Å². The van der Waals surface area contributed by atoms with Crippen molar-refractivity contribution < 1.29 is 27.6 Å². The van der Waals surface area contributed by atoms with E-state index in [0.29, 0.717) is 5.56 Å². The average molecular weight is 488 g/mol. The fraction of sp³-hybridized carbons (Fsp3) is 0.571. The van der Waals surface area contributed by atoms with E-state index < -0.39 is 42.0 Å². The Labute approximate surface area is 194 Å². The van der Waals surface area contributed by atoms with Gasteiger partial charge in [-0.1, -0.05) is 32.4 Å². The molecule has 33 heavy (non-hydrogen) atoms. The number of hydrogen-bond acceptors (Lipinski definition) is 5. The predicted molar refractivity (Wildman–Crippen MR) is 112 cm³/mol. The number of alkyl halides is 3. The summed E-state index contributed by atoms with van der Waals surface area (Å²) in [5.41, 5.74) is 0.346. The zero-order valence-electron chi connectivity index (χ0n) is 18.3. The fourth-order valence-electron chi connectivity index (χ4n) is 3.64. The number of carbonyl (C=O) groups excluding carboxylic acids is 3. The molecule has 1 saturated heterocycles. The molecule has 0 radical (unpaired) electrons. The second-order valence-corrected chi connectivity index (χ2v) is 8.62. The number of likely N-dealkylation sites (tertiary alicyclic amines) is 1. The van der Waals surface area contributed by atoms with Crippen molar-refractivity contribution in [3.63, 3.8) is 0 Å². The Hall–Kier alpha value is -2.87. The first kappa shape index (κ1) is 26.4. The van der Waals surface area contributed by atoms with Crippen LogP contribution in [0.2, 0.25) is 5.02 Å². The predicted octanol–water partition coefficient (Wildman–Crippen LogP) is 2.75. The van der Waals surface area contributed by atoms with Gasteiger partial charge in [0.1, 0.15) is 18.1 Å². The van der Waals surface area contributed by atoms with E-state index in [9.17, 15) is 32.8 Å². The van der Waals surface area contributed by atoms with Gasteiger partial charge in [-0.05, 0) is 30.7 Å². The molecular formula is C21H25ClF3N5O3. The van der Waals surface area contributed by atoms with Crippen LogP contribution in [0, 0.1) is 23.2 Å². The van der Waals surface area contributed by atoms with Crippen LogP contribution in [0.5, 0.6) is 0 Å². The van der Waals surface area contributed by atoms with Gasteiger partial charge in [0.15, 0.2) is 0 Å². The second kappa shape index (κ2) is 10.8. The van der Waals surface area contributed by atoms with Crippen molar-refractivity contribution in [3.05, 3.63) is 29.0 Å². The SMILES string of the molecule is CC[C@H](NC(=O)C(F)(F)F)C(=O)N1C[C@H](C(C)C)C[C@H]1C(=O)NC(C#N)c1cncc(Cl)c1. The number of amides is 3. The summed E-state index contributed by atoms with van der Waals surface area (Å²) in [5.74, 6) is -3.63. The van der Waals surface area contributed by atoms with Gasteiger partial charge in [-0.2, -0.15) is 18.4 Å². The smallest absolute Gasteiger partial charge is 0.336 e. The van der Waals surface area contributed by atoms with Crippen molar-refractivity contribution in [2.75, 3.05) is 6.54 Å². The minimum Gasteiger partial charge on any atom is -0.336 e. The Bertz CT molecular complexity index is 934. The minimum atomic E-state index is -5.14. The third kappa shape index (κ3) is 6.57. The van der Waals surface area contributed by atoms with Crippen LogP contribution in [0.4, 0.5) is 13.2 Å².